The first-order valence-electron chi connectivity index (χ1n) is 6.98. The van der Waals surface area contributed by atoms with E-state index in [1.165, 1.54) is 27.4 Å². The molecule has 0 bridgehead atoms. The summed E-state index contributed by atoms with van der Waals surface area (Å²) in [5.74, 6) is -0.327. The molecule has 1 aliphatic rings. The lowest BCUT2D eigenvalue weighted by Crippen LogP contribution is -2.52. The van der Waals surface area contributed by atoms with E-state index < -0.39 is 16.1 Å². The summed E-state index contributed by atoms with van der Waals surface area (Å²) < 4.78 is 26.6. The molecule has 1 aliphatic heterocycles. The van der Waals surface area contributed by atoms with E-state index in [1.807, 2.05) is 0 Å². The minimum atomic E-state index is -3.80. The molecule has 0 aromatic heterocycles. The molecule has 1 saturated heterocycles. The van der Waals surface area contributed by atoms with E-state index in [-0.39, 0.29) is 53.6 Å². The second-order valence-corrected chi connectivity index (χ2v) is 7.75. The molecule has 0 spiro atoms. The second-order valence-electron chi connectivity index (χ2n) is 5.05. The summed E-state index contributed by atoms with van der Waals surface area (Å²) in [5, 5.41) is 2.34. The summed E-state index contributed by atoms with van der Waals surface area (Å²) in [7, 11) is -3.80. The number of nitrogens with one attached hydrogen (secondary N) is 1. The van der Waals surface area contributed by atoms with Crippen molar-refractivity contribution in [2.24, 2.45) is 5.73 Å². The molecule has 0 atom stereocenters. The Balaban J connectivity index is 2.05. The van der Waals surface area contributed by atoms with Crippen molar-refractivity contribution in [1.82, 2.24) is 14.5 Å². The monoisotopic (exact) mass is 394 g/mol. The third-order valence-corrected chi connectivity index (χ3v) is 6.41. The molecule has 2 rings (SSSR count). The van der Waals surface area contributed by atoms with Gasteiger partial charge in [-0.05, 0) is 12.1 Å². The number of benzene rings is 1. The molecule has 11 heteroatoms. The summed E-state index contributed by atoms with van der Waals surface area (Å²) in [6.45, 7) is 0.427. The smallest absolute Gasteiger partial charge is 0.312 e. The van der Waals surface area contributed by atoms with Crippen LogP contribution in [0.3, 0.4) is 0 Å². The van der Waals surface area contributed by atoms with Crippen LogP contribution >= 0.6 is 23.2 Å². The van der Waals surface area contributed by atoms with Crippen molar-refractivity contribution in [3.05, 3.63) is 28.2 Å². The third kappa shape index (κ3) is 4.10. The Morgan fingerprint density at radius 1 is 1.17 bits per heavy atom. The van der Waals surface area contributed by atoms with Crippen molar-refractivity contribution in [2.75, 3.05) is 32.7 Å². The molecule has 0 aliphatic carbocycles. The van der Waals surface area contributed by atoms with Gasteiger partial charge >= 0.3 is 6.03 Å². The number of rotatable bonds is 4. The van der Waals surface area contributed by atoms with Crippen molar-refractivity contribution in [3.63, 3.8) is 0 Å². The number of carbonyl (C=O) groups is 2. The van der Waals surface area contributed by atoms with Crippen molar-refractivity contribution >= 4 is 45.2 Å². The lowest BCUT2D eigenvalue weighted by molar-refractivity contribution is -0.131. The fourth-order valence-corrected chi connectivity index (χ4v) is 4.43. The molecule has 1 heterocycles. The highest BCUT2D eigenvalue weighted by molar-refractivity contribution is 7.89. The lowest BCUT2D eigenvalue weighted by Gasteiger charge is -2.34. The zero-order valence-electron chi connectivity index (χ0n) is 12.5. The van der Waals surface area contributed by atoms with Gasteiger partial charge in [-0.2, -0.15) is 4.31 Å². The minimum absolute atomic E-state index is 0.0247. The van der Waals surface area contributed by atoms with Crippen LogP contribution in [-0.4, -0.2) is 62.3 Å². The number of halogens is 2. The van der Waals surface area contributed by atoms with E-state index in [1.54, 1.807) is 0 Å². The van der Waals surface area contributed by atoms with Crippen molar-refractivity contribution < 1.29 is 18.0 Å². The SMILES string of the molecule is NC(=O)NCC(=O)N1CCN(S(=O)(=O)c2cccc(Cl)c2Cl)CC1. The quantitative estimate of drug-likeness (QED) is 0.773. The van der Waals surface area contributed by atoms with E-state index in [9.17, 15) is 18.0 Å². The Labute approximate surface area is 149 Å². The highest BCUT2D eigenvalue weighted by Gasteiger charge is 2.31. The van der Waals surface area contributed by atoms with Crippen LogP contribution in [0.1, 0.15) is 0 Å². The Kier molecular flexibility index (Phi) is 5.92. The van der Waals surface area contributed by atoms with E-state index in [2.05, 4.69) is 5.32 Å². The summed E-state index contributed by atoms with van der Waals surface area (Å²) in [6.07, 6.45) is 0. The fourth-order valence-electron chi connectivity index (χ4n) is 2.27. The molecule has 0 radical (unpaired) electrons. The highest BCUT2D eigenvalue weighted by Crippen LogP contribution is 2.31. The van der Waals surface area contributed by atoms with Gasteiger partial charge in [0.2, 0.25) is 15.9 Å². The summed E-state index contributed by atoms with van der Waals surface area (Å²) in [5.41, 5.74) is 4.91. The maximum atomic E-state index is 12.7. The largest absolute Gasteiger partial charge is 0.352 e. The zero-order valence-corrected chi connectivity index (χ0v) is 14.9. The first kappa shape index (κ1) is 18.8. The number of hydrogen-bond donors (Lipinski definition) is 2. The number of carbonyl (C=O) groups excluding carboxylic acids is 2. The second kappa shape index (κ2) is 7.56. The van der Waals surface area contributed by atoms with E-state index in [0.29, 0.717) is 0 Å². The predicted molar refractivity (Wildman–Crippen MR) is 89.4 cm³/mol. The molecule has 8 nitrogen and oxygen atoms in total. The van der Waals surface area contributed by atoms with Gasteiger partial charge in [0.15, 0.2) is 0 Å². The Hall–Kier alpha value is -1.55. The van der Waals surface area contributed by atoms with Crippen LogP contribution in [0.4, 0.5) is 4.79 Å². The lowest BCUT2D eigenvalue weighted by atomic mass is 10.3. The normalized spacial score (nSPS) is 16.0. The van der Waals surface area contributed by atoms with Crippen molar-refractivity contribution in [3.8, 4) is 0 Å². The maximum absolute atomic E-state index is 12.7. The van der Waals surface area contributed by atoms with Gasteiger partial charge in [0.25, 0.3) is 0 Å². The number of primary amides is 1. The third-order valence-electron chi connectivity index (χ3n) is 3.54. The number of sulfonamides is 1. The molecule has 1 aromatic rings. The predicted octanol–water partition coefficient (Wildman–Crippen LogP) is 0.495. The molecule has 1 fully saturated rings. The molecule has 0 saturated carbocycles. The minimum Gasteiger partial charge on any atom is -0.352 e. The number of nitrogens with two attached hydrogens (primary N) is 1. The number of piperazine rings is 1. The molecule has 24 heavy (non-hydrogen) atoms. The molecule has 132 valence electrons. The molecular formula is C13H16Cl2N4O4S. The van der Waals surface area contributed by atoms with Crippen molar-refractivity contribution in [2.45, 2.75) is 4.90 Å². The van der Waals surface area contributed by atoms with Gasteiger partial charge in [-0.15, -0.1) is 0 Å². The average Bonchev–Trinajstić information content (AvgIpc) is 2.55. The summed E-state index contributed by atoms with van der Waals surface area (Å²) in [4.78, 5) is 23.9. The van der Waals surface area contributed by atoms with E-state index >= 15 is 0 Å². The first-order chi connectivity index (χ1) is 11.2. The number of hydrogen-bond acceptors (Lipinski definition) is 4. The topological polar surface area (TPSA) is 113 Å². The van der Waals surface area contributed by atoms with Gasteiger partial charge in [0.1, 0.15) is 4.90 Å². The van der Waals surface area contributed by atoms with Crippen LogP contribution < -0.4 is 11.1 Å². The molecule has 1 aromatic carbocycles. The van der Waals surface area contributed by atoms with E-state index in [0.717, 1.165) is 0 Å². The molecule has 3 amide bonds. The van der Waals surface area contributed by atoms with Crippen LogP contribution in [0.15, 0.2) is 23.1 Å². The van der Waals surface area contributed by atoms with E-state index in [4.69, 9.17) is 28.9 Å². The van der Waals surface area contributed by atoms with Crippen LogP contribution in [0, 0.1) is 0 Å². The Morgan fingerprint density at radius 3 is 2.38 bits per heavy atom. The Bertz CT molecular complexity index is 748. The van der Waals surface area contributed by atoms with Gasteiger partial charge in [0, 0.05) is 26.2 Å². The molecule has 0 unspecified atom stereocenters. The Morgan fingerprint density at radius 2 is 1.79 bits per heavy atom. The van der Waals surface area contributed by atoms with Crippen LogP contribution in [0.2, 0.25) is 10.0 Å². The summed E-state index contributed by atoms with van der Waals surface area (Å²) in [6, 6.07) is 3.61. The fraction of sp³-hybridized carbons (Fsp3) is 0.385. The molecular weight excluding hydrogens is 379 g/mol. The standard InChI is InChI=1S/C13H16Cl2N4O4S/c14-9-2-1-3-10(12(9)15)24(22,23)19-6-4-18(5-7-19)11(20)8-17-13(16)21/h1-3H,4-8H2,(H3,16,17,21). The van der Waals surface area contributed by atoms with Crippen LogP contribution in [0.5, 0.6) is 0 Å². The van der Waals surface area contributed by atoms with Crippen LogP contribution in [0.25, 0.3) is 0 Å². The van der Waals surface area contributed by atoms with Crippen LogP contribution in [-0.2, 0) is 14.8 Å². The zero-order chi connectivity index (χ0) is 17.9. The van der Waals surface area contributed by atoms with Crippen molar-refractivity contribution in [1.29, 1.82) is 0 Å². The highest BCUT2D eigenvalue weighted by atomic mass is 35.5. The number of nitrogens with zero attached hydrogens (tertiary/aromatic N) is 2. The first-order valence-corrected chi connectivity index (χ1v) is 9.18. The molecule has 3 N–H and O–H groups in total. The number of amides is 3. The van der Waals surface area contributed by atoms with Gasteiger partial charge in [0.05, 0.1) is 16.6 Å². The number of urea groups is 1. The van der Waals surface area contributed by atoms with Gasteiger partial charge in [-0.3, -0.25) is 4.79 Å². The maximum Gasteiger partial charge on any atom is 0.312 e. The average molecular weight is 395 g/mol. The summed E-state index contributed by atoms with van der Waals surface area (Å²) >= 11 is 11.9. The van der Waals surface area contributed by atoms with Gasteiger partial charge in [-0.25, -0.2) is 13.2 Å². The van der Waals surface area contributed by atoms with Gasteiger partial charge in [-0.1, -0.05) is 29.3 Å². The van der Waals surface area contributed by atoms with Gasteiger partial charge < -0.3 is 16.0 Å².